The Bertz CT molecular complexity index is 473. The van der Waals surface area contributed by atoms with E-state index in [1.807, 2.05) is 11.9 Å². The number of phenolic OH excluding ortho intramolecular Hbond substituents is 1. The number of piperazine rings is 1. The summed E-state index contributed by atoms with van der Waals surface area (Å²) < 4.78 is 0. The summed E-state index contributed by atoms with van der Waals surface area (Å²) in [4.78, 5) is 14.2. The van der Waals surface area contributed by atoms with Crippen molar-refractivity contribution in [1.82, 2.24) is 4.90 Å². The van der Waals surface area contributed by atoms with Crippen molar-refractivity contribution in [2.45, 2.75) is 0 Å². The van der Waals surface area contributed by atoms with Crippen molar-refractivity contribution < 1.29 is 10.0 Å². The minimum Gasteiger partial charge on any atom is -0.502 e. The number of aromatic hydroxyl groups is 1. The van der Waals surface area contributed by atoms with E-state index in [1.165, 1.54) is 12.1 Å². The summed E-state index contributed by atoms with van der Waals surface area (Å²) >= 11 is 6.04. The van der Waals surface area contributed by atoms with Crippen LogP contribution in [0.5, 0.6) is 5.75 Å². The molecule has 1 saturated heterocycles. The molecule has 0 bridgehead atoms. The van der Waals surface area contributed by atoms with Crippen LogP contribution >= 0.6 is 11.6 Å². The molecule has 98 valence electrons. The maximum atomic E-state index is 10.7. The van der Waals surface area contributed by atoms with Crippen LogP contribution in [-0.4, -0.2) is 48.2 Å². The van der Waals surface area contributed by atoms with Gasteiger partial charge >= 0.3 is 5.69 Å². The maximum absolute atomic E-state index is 10.7. The largest absolute Gasteiger partial charge is 0.502 e. The van der Waals surface area contributed by atoms with E-state index in [1.54, 1.807) is 0 Å². The SMILES string of the molecule is CN1CCN(c2cc(O)c([N+](=O)[O-])cc2Cl)CC1. The lowest BCUT2D eigenvalue weighted by atomic mass is 10.2. The van der Waals surface area contributed by atoms with E-state index < -0.39 is 4.92 Å². The van der Waals surface area contributed by atoms with Crippen LogP contribution in [-0.2, 0) is 0 Å². The number of hydrogen-bond donors (Lipinski definition) is 1. The van der Waals surface area contributed by atoms with Crippen LogP contribution in [0.2, 0.25) is 5.02 Å². The number of nitrogens with zero attached hydrogens (tertiary/aromatic N) is 3. The Balaban J connectivity index is 2.29. The average Bonchev–Trinajstić information content (AvgIpc) is 2.32. The molecule has 1 N–H and O–H groups in total. The standard InChI is InChI=1S/C11H14ClN3O3/c1-13-2-4-14(5-3-13)9-7-11(16)10(15(17)18)6-8(9)12/h6-7,16H,2-5H2,1H3. The summed E-state index contributed by atoms with van der Waals surface area (Å²) in [6.45, 7) is 3.36. The molecule has 0 aliphatic carbocycles. The van der Waals surface area contributed by atoms with E-state index in [0.717, 1.165) is 26.2 Å². The van der Waals surface area contributed by atoms with Crippen molar-refractivity contribution in [2.75, 3.05) is 38.1 Å². The first kappa shape index (κ1) is 12.9. The number of rotatable bonds is 2. The molecule has 0 unspecified atom stereocenters. The highest BCUT2D eigenvalue weighted by Crippen LogP contribution is 2.37. The van der Waals surface area contributed by atoms with Crippen LogP contribution in [0.25, 0.3) is 0 Å². The molecule has 1 aliphatic heterocycles. The van der Waals surface area contributed by atoms with Crippen LogP contribution in [0.3, 0.4) is 0 Å². The lowest BCUT2D eigenvalue weighted by Crippen LogP contribution is -2.44. The molecule has 0 radical (unpaired) electrons. The molecule has 1 aromatic carbocycles. The molecule has 0 atom stereocenters. The number of benzene rings is 1. The molecule has 1 aliphatic rings. The fourth-order valence-corrected chi connectivity index (χ4v) is 2.25. The van der Waals surface area contributed by atoms with Crippen LogP contribution in [0.4, 0.5) is 11.4 Å². The van der Waals surface area contributed by atoms with E-state index in [2.05, 4.69) is 4.90 Å². The fourth-order valence-electron chi connectivity index (χ4n) is 1.98. The summed E-state index contributed by atoms with van der Waals surface area (Å²) in [5.74, 6) is -0.349. The minimum atomic E-state index is -0.644. The summed E-state index contributed by atoms with van der Waals surface area (Å²) in [5, 5.41) is 20.6. The third-order valence-electron chi connectivity index (χ3n) is 3.08. The maximum Gasteiger partial charge on any atom is 0.312 e. The van der Waals surface area contributed by atoms with E-state index in [9.17, 15) is 15.2 Å². The molecule has 7 heteroatoms. The first-order chi connectivity index (χ1) is 8.49. The number of nitro groups is 1. The smallest absolute Gasteiger partial charge is 0.312 e. The first-order valence-electron chi connectivity index (χ1n) is 5.59. The minimum absolute atomic E-state index is 0.295. The van der Waals surface area contributed by atoms with Gasteiger partial charge in [0.05, 0.1) is 15.6 Å². The van der Waals surface area contributed by atoms with Crippen LogP contribution in [0.1, 0.15) is 0 Å². The molecule has 6 nitrogen and oxygen atoms in total. The molecule has 2 rings (SSSR count). The zero-order valence-corrected chi connectivity index (χ0v) is 10.7. The molecule has 0 spiro atoms. The van der Waals surface area contributed by atoms with Crippen LogP contribution in [0.15, 0.2) is 12.1 Å². The van der Waals surface area contributed by atoms with Gasteiger partial charge in [-0.25, -0.2) is 0 Å². The third kappa shape index (κ3) is 2.49. The Morgan fingerprint density at radius 1 is 1.33 bits per heavy atom. The second-order valence-corrected chi connectivity index (χ2v) is 4.75. The van der Waals surface area contributed by atoms with E-state index in [0.29, 0.717) is 10.7 Å². The third-order valence-corrected chi connectivity index (χ3v) is 3.39. The van der Waals surface area contributed by atoms with Gasteiger partial charge in [0.25, 0.3) is 0 Å². The lowest BCUT2D eigenvalue weighted by Gasteiger charge is -2.34. The number of halogens is 1. The van der Waals surface area contributed by atoms with Gasteiger partial charge in [0, 0.05) is 38.3 Å². The van der Waals surface area contributed by atoms with E-state index >= 15 is 0 Å². The average molecular weight is 272 g/mol. The van der Waals surface area contributed by atoms with Crippen molar-refractivity contribution in [1.29, 1.82) is 0 Å². The van der Waals surface area contributed by atoms with Gasteiger partial charge in [-0.3, -0.25) is 10.1 Å². The highest BCUT2D eigenvalue weighted by atomic mass is 35.5. The summed E-state index contributed by atoms with van der Waals surface area (Å²) in [6, 6.07) is 2.57. The summed E-state index contributed by atoms with van der Waals surface area (Å²) in [7, 11) is 2.03. The van der Waals surface area contributed by atoms with Gasteiger partial charge in [0.1, 0.15) is 0 Å². The second-order valence-electron chi connectivity index (χ2n) is 4.34. The van der Waals surface area contributed by atoms with Crippen molar-refractivity contribution in [3.05, 3.63) is 27.3 Å². The molecule has 0 aromatic heterocycles. The van der Waals surface area contributed by atoms with Gasteiger partial charge in [0.2, 0.25) is 0 Å². The summed E-state index contributed by atoms with van der Waals surface area (Å²) in [5.41, 5.74) is 0.283. The molecule has 0 saturated carbocycles. The highest BCUT2D eigenvalue weighted by Gasteiger charge is 2.22. The second kappa shape index (κ2) is 4.99. The molecule has 1 aromatic rings. The van der Waals surface area contributed by atoms with Crippen molar-refractivity contribution in [2.24, 2.45) is 0 Å². The zero-order chi connectivity index (χ0) is 13.3. The Hall–Kier alpha value is -1.53. The normalized spacial score (nSPS) is 16.9. The number of anilines is 1. The van der Waals surface area contributed by atoms with Crippen molar-refractivity contribution in [3.8, 4) is 5.75 Å². The molecule has 18 heavy (non-hydrogen) atoms. The Morgan fingerprint density at radius 3 is 2.50 bits per heavy atom. The Morgan fingerprint density at radius 2 is 1.94 bits per heavy atom. The van der Waals surface area contributed by atoms with Gasteiger partial charge in [-0.2, -0.15) is 0 Å². The molecule has 1 heterocycles. The molecular weight excluding hydrogens is 258 g/mol. The quantitative estimate of drug-likeness (QED) is 0.655. The van der Waals surface area contributed by atoms with Crippen molar-refractivity contribution in [3.63, 3.8) is 0 Å². The number of likely N-dealkylation sites (N-methyl/N-ethyl adjacent to an activating group) is 1. The Kier molecular flexibility index (Phi) is 3.58. The van der Waals surface area contributed by atoms with Crippen LogP contribution in [0, 0.1) is 10.1 Å². The lowest BCUT2D eigenvalue weighted by molar-refractivity contribution is -0.385. The highest BCUT2D eigenvalue weighted by molar-refractivity contribution is 6.33. The summed E-state index contributed by atoms with van der Waals surface area (Å²) in [6.07, 6.45) is 0. The Labute approximate surface area is 110 Å². The zero-order valence-electron chi connectivity index (χ0n) is 9.97. The molecule has 0 amide bonds. The van der Waals surface area contributed by atoms with Crippen molar-refractivity contribution >= 4 is 23.0 Å². The number of phenols is 1. The van der Waals surface area contributed by atoms with E-state index in [-0.39, 0.29) is 11.4 Å². The van der Waals surface area contributed by atoms with Gasteiger partial charge in [0.15, 0.2) is 5.75 Å². The van der Waals surface area contributed by atoms with Crippen LogP contribution < -0.4 is 4.90 Å². The van der Waals surface area contributed by atoms with E-state index in [4.69, 9.17) is 11.6 Å². The predicted octanol–water partition coefficient (Wildman–Crippen LogP) is 1.71. The fraction of sp³-hybridized carbons (Fsp3) is 0.455. The van der Waals surface area contributed by atoms with Gasteiger partial charge in [-0.15, -0.1) is 0 Å². The van der Waals surface area contributed by atoms with Gasteiger partial charge < -0.3 is 14.9 Å². The molecular formula is C11H14ClN3O3. The number of hydrogen-bond acceptors (Lipinski definition) is 5. The monoisotopic (exact) mass is 271 g/mol. The predicted molar refractivity (Wildman–Crippen MR) is 69.5 cm³/mol. The van der Waals surface area contributed by atoms with Gasteiger partial charge in [-0.1, -0.05) is 11.6 Å². The first-order valence-corrected chi connectivity index (χ1v) is 5.97. The van der Waals surface area contributed by atoms with Gasteiger partial charge in [-0.05, 0) is 7.05 Å². The molecule has 1 fully saturated rings. The number of nitro benzene ring substituents is 1. The topological polar surface area (TPSA) is 69.8 Å².